The SMILES string of the molecule is Cc1ccc(S(=O)(=O)N[C@H](CCC(N)=O)C(=O)O)c(Cl)c1. The highest BCUT2D eigenvalue weighted by Crippen LogP contribution is 2.22. The second kappa shape index (κ2) is 6.88. The Labute approximate surface area is 127 Å². The summed E-state index contributed by atoms with van der Waals surface area (Å²) in [4.78, 5) is 21.5. The van der Waals surface area contributed by atoms with Crippen LogP contribution >= 0.6 is 11.6 Å². The second-order valence-corrected chi connectivity index (χ2v) is 6.54. The van der Waals surface area contributed by atoms with Crippen LogP contribution in [0.15, 0.2) is 23.1 Å². The fourth-order valence-corrected chi connectivity index (χ4v) is 3.42. The third kappa shape index (κ3) is 5.00. The van der Waals surface area contributed by atoms with Crippen molar-refractivity contribution in [1.82, 2.24) is 4.72 Å². The number of aliphatic carboxylic acids is 1. The maximum Gasteiger partial charge on any atom is 0.321 e. The number of hydrogen-bond donors (Lipinski definition) is 3. The average molecular weight is 335 g/mol. The molecule has 9 heteroatoms. The molecule has 1 rings (SSSR count). The highest BCUT2D eigenvalue weighted by molar-refractivity contribution is 7.89. The summed E-state index contributed by atoms with van der Waals surface area (Å²) in [5.41, 5.74) is 5.69. The van der Waals surface area contributed by atoms with Gasteiger partial charge in [-0.3, -0.25) is 9.59 Å². The molecular formula is C12H15ClN2O5S. The van der Waals surface area contributed by atoms with Crippen molar-refractivity contribution in [1.29, 1.82) is 0 Å². The van der Waals surface area contributed by atoms with Crippen molar-refractivity contribution >= 4 is 33.5 Å². The molecule has 1 aromatic carbocycles. The quantitative estimate of drug-likeness (QED) is 0.674. The minimum absolute atomic E-state index is 0.0125. The number of carbonyl (C=O) groups is 2. The smallest absolute Gasteiger partial charge is 0.321 e. The summed E-state index contributed by atoms with van der Waals surface area (Å²) in [7, 11) is -4.11. The number of rotatable bonds is 7. The first-order valence-electron chi connectivity index (χ1n) is 5.93. The predicted molar refractivity (Wildman–Crippen MR) is 76.4 cm³/mol. The van der Waals surface area contributed by atoms with Crippen LogP contribution in [0.5, 0.6) is 0 Å². The Morgan fingerprint density at radius 1 is 1.43 bits per heavy atom. The molecule has 0 heterocycles. The van der Waals surface area contributed by atoms with E-state index in [-0.39, 0.29) is 22.8 Å². The standard InChI is InChI=1S/C12H15ClN2O5S/c1-7-2-4-10(8(13)6-7)21(19,20)15-9(12(17)18)3-5-11(14)16/h2,4,6,9,15H,3,5H2,1H3,(H2,14,16)(H,17,18)/t9-/m1/s1. The van der Waals surface area contributed by atoms with Crippen molar-refractivity contribution in [3.8, 4) is 0 Å². The van der Waals surface area contributed by atoms with Gasteiger partial charge in [-0.05, 0) is 31.0 Å². The van der Waals surface area contributed by atoms with Crippen LogP contribution in [0.1, 0.15) is 18.4 Å². The zero-order chi connectivity index (χ0) is 16.2. The van der Waals surface area contributed by atoms with Crippen LogP contribution in [0, 0.1) is 6.92 Å². The van der Waals surface area contributed by atoms with Gasteiger partial charge in [-0.25, -0.2) is 8.42 Å². The Kier molecular flexibility index (Phi) is 5.70. The van der Waals surface area contributed by atoms with E-state index < -0.39 is 27.9 Å². The summed E-state index contributed by atoms with van der Waals surface area (Å²) in [5, 5.41) is 8.99. The highest BCUT2D eigenvalue weighted by atomic mass is 35.5. The Morgan fingerprint density at radius 3 is 2.52 bits per heavy atom. The third-order valence-corrected chi connectivity index (χ3v) is 4.61. The molecule has 0 spiro atoms. The van der Waals surface area contributed by atoms with E-state index in [1.54, 1.807) is 13.0 Å². The van der Waals surface area contributed by atoms with Crippen molar-refractivity contribution in [2.24, 2.45) is 5.73 Å². The highest BCUT2D eigenvalue weighted by Gasteiger charge is 2.27. The van der Waals surface area contributed by atoms with Crippen molar-refractivity contribution < 1.29 is 23.1 Å². The van der Waals surface area contributed by atoms with Gasteiger partial charge >= 0.3 is 5.97 Å². The number of nitrogens with two attached hydrogens (primary N) is 1. The van der Waals surface area contributed by atoms with E-state index >= 15 is 0 Å². The monoisotopic (exact) mass is 334 g/mol. The molecule has 4 N–H and O–H groups in total. The van der Waals surface area contributed by atoms with Gasteiger partial charge in [0.05, 0.1) is 5.02 Å². The van der Waals surface area contributed by atoms with Crippen LogP contribution in [-0.4, -0.2) is 31.4 Å². The lowest BCUT2D eigenvalue weighted by atomic mass is 10.2. The van der Waals surface area contributed by atoms with Crippen molar-refractivity contribution in [2.75, 3.05) is 0 Å². The fourth-order valence-electron chi connectivity index (χ4n) is 1.59. The zero-order valence-electron chi connectivity index (χ0n) is 11.2. The van der Waals surface area contributed by atoms with Crippen LogP contribution in [0.4, 0.5) is 0 Å². The van der Waals surface area contributed by atoms with E-state index in [0.717, 1.165) is 5.56 Å². The first-order chi connectivity index (χ1) is 9.63. The largest absolute Gasteiger partial charge is 0.480 e. The molecular weight excluding hydrogens is 320 g/mol. The molecule has 1 atom stereocenters. The summed E-state index contributed by atoms with van der Waals surface area (Å²) in [6.45, 7) is 1.74. The number of aryl methyl sites for hydroxylation is 1. The van der Waals surface area contributed by atoms with Gasteiger partial charge in [-0.2, -0.15) is 4.72 Å². The lowest BCUT2D eigenvalue weighted by Gasteiger charge is -2.15. The molecule has 0 aliphatic rings. The molecule has 0 aromatic heterocycles. The number of carboxylic acids is 1. The van der Waals surface area contributed by atoms with E-state index in [2.05, 4.69) is 0 Å². The fraction of sp³-hybridized carbons (Fsp3) is 0.333. The van der Waals surface area contributed by atoms with Crippen LogP contribution in [-0.2, 0) is 19.6 Å². The first kappa shape index (κ1) is 17.4. The van der Waals surface area contributed by atoms with E-state index in [4.69, 9.17) is 22.4 Å². The van der Waals surface area contributed by atoms with Crippen molar-refractivity contribution in [3.63, 3.8) is 0 Å². The molecule has 21 heavy (non-hydrogen) atoms. The number of carbonyl (C=O) groups excluding carboxylic acids is 1. The van der Waals surface area contributed by atoms with Gasteiger partial charge in [0.15, 0.2) is 0 Å². The summed E-state index contributed by atoms with van der Waals surface area (Å²) in [6, 6.07) is 2.82. The van der Waals surface area contributed by atoms with Gasteiger partial charge in [0.2, 0.25) is 15.9 Å². The zero-order valence-corrected chi connectivity index (χ0v) is 12.7. The van der Waals surface area contributed by atoms with E-state index in [0.29, 0.717) is 0 Å². The number of benzene rings is 1. The van der Waals surface area contributed by atoms with Gasteiger partial charge in [0.1, 0.15) is 10.9 Å². The molecule has 116 valence electrons. The maximum absolute atomic E-state index is 12.1. The van der Waals surface area contributed by atoms with Gasteiger partial charge in [-0.1, -0.05) is 17.7 Å². The van der Waals surface area contributed by atoms with E-state index in [9.17, 15) is 18.0 Å². The van der Waals surface area contributed by atoms with Crippen LogP contribution < -0.4 is 10.5 Å². The Bertz CT molecular complexity index is 660. The number of nitrogens with one attached hydrogen (secondary N) is 1. The number of carboxylic acid groups (broad SMARTS) is 1. The van der Waals surface area contributed by atoms with Crippen molar-refractivity contribution in [2.45, 2.75) is 30.7 Å². The third-order valence-electron chi connectivity index (χ3n) is 2.65. The van der Waals surface area contributed by atoms with Gasteiger partial charge in [-0.15, -0.1) is 0 Å². The summed E-state index contributed by atoms with van der Waals surface area (Å²) in [6.07, 6.45) is -0.492. The number of halogens is 1. The molecule has 0 aliphatic heterocycles. The van der Waals surface area contributed by atoms with Gasteiger partial charge in [0, 0.05) is 6.42 Å². The van der Waals surface area contributed by atoms with Crippen LogP contribution in [0.3, 0.4) is 0 Å². The average Bonchev–Trinajstić information content (AvgIpc) is 2.33. The molecule has 0 saturated carbocycles. The number of primary amides is 1. The summed E-state index contributed by atoms with van der Waals surface area (Å²) >= 11 is 5.86. The lowest BCUT2D eigenvalue weighted by molar-refractivity contribution is -0.139. The molecule has 1 amide bonds. The Morgan fingerprint density at radius 2 is 2.05 bits per heavy atom. The molecule has 7 nitrogen and oxygen atoms in total. The van der Waals surface area contributed by atoms with Gasteiger partial charge in [0.25, 0.3) is 0 Å². The summed E-state index contributed by atoms with van der Waals surface area (Å²) < 4.78 is 26.3. The molecule has 0 unspecified atom stereocenters. The number of amides is 1. The lowest BCUT2D eigenvalue weighted by Crippen LogP contribution is -2.41. The normalized spacial score (nSPS) is 12.9. The van der Waals surface area contributed by atoms with Crippen molar-refractivity contribution in [3.05, 3.63) is 28.8 Å². The summed E-state index contributed by atoms with van der Waals surface area (Å²) in [5.74, 6) is -2.11. The second-order valence-electron chi connectivity index (χ2n) is 4.45. The number of hydrogen-bond acceptors (Lipinski definition) is 4. The minimum Gasteiger partial charge on any atom is -0.480 e. The molecule has 0 saturated heterocycles. The molecule has 0 aliphatic carbocycles. The molecule has 0 bridgehead atoms. The topological polar surface area (TPSA) is 127 Å². The van der Waals surface area contributed by atoms with E-state index in [1.807, 2.05) is 4.72 Å². The Hall–Kier alpha value is -1.64. The maximum atomic E-state index is 12.1. The van der Waals surface area contributed by atoms with Crippen LogP contribution in [0.25, 0.3) is 0 Å². The minimum atomic E-state index is -4.11. The predicted octanol–water partition coefficient (Wildman–Crippen LogP) is 0.645. The Balaban J connectivity index is 3.00. The van der Waals surface area contributed by atoms with E-state index in [1.165, 1.54) is 12.1 Å². The number of sulfonamides is 1. The molecule has 0 fully saturated rings. The molecule has 0 radical (unpaired) electrons. The first-order valence-corrected chi connectivity index (χ1v) is 7.79. The van der Waals surface area contributed by atoms with Gasteiger partial charge < -0.3 is 10.8 Å². The van der Waals surface area contributed by atoms with Crippen LogP contribution in [0.2, 0.25) is 5.02 Å². The molecule has 1 aromatic rings.